The van der Waals surface area contributed by atoms with E-state index < -0.39 is 29.6 Å². The predicted molar refractivity (Wildman–Crippen MR) is 60.8 cm³/mol. The molecule has 0 aromatic heterocycles. The fourth-order valence-corrected chi connectivity index (χ4v) is 1.02. The molecule has 0 fully saturated rings. The van der Waals surface area contributed by atoms with Crippen molar-refractivity contribution in [3.8, 4) is 0 Å². The molecule has 0 saturated heterocycles. The zero-order valence-corrected chi connectivity index (χ0v) is 10.3. The van der Waals surface area contributed by atoms with Crippen LogP contribution in [0.1, 0.15) is 33.6 Å². The van der Waals surface area contributed by atoms with Gasteiger partial charge in [0.15, 0.2) is 0 Å². The van der Waals surface area contributed by atoms with E-state index >= 15 is 0 Å². The summed E-state index contributed by atoms with van der Waals surface area (Å²) in [6.07, 6.45) is -0.737. The zero-order valence-electron chi connectivity index (χ0n) is 10.3. The second-order valence-corrected chi connectivity index (χ2v) is 4.61. The van der Waals surface area contributed by atoms with Crippen molar-refractivity contribution in [3.63, 3.8) is 0 Å². The molecular formula is C10H19N3O4. The third kappa shape index (κ3) is 8.06. The standard InChI is InChI=1S/C10H19N3O4/c1-10(2,3)17-9(16)13-6(8(12)15)4-5-7(11)14/h6H,4-5H2,1-3H3,(H2,11,14)(H2,12,15)(H,13,16). The number of ether oxygens (including phenoxy) is 1. The van der Waals surface area contributed by atoms with E-state index in [1.165, 1.54) is 0 Å². The molecule has 3 amide bonds. The third-order valence-electron chi connectivity index (χ3n) is 1.71. The maximum absolute atomic E-state index is 11.4. The van der Waals surface area contributed by atoms with Gasteiger partial charge in [-0.25, -0.2) is 4.79 Å². The number of hydrogen-bond acceptors (Lipinski definition) is 4. The number of amides is 3. The predicted octanol–water partition coefficient (Wildman–Crippen LogP) is -0.369. The summed E-state index contributed by atoms with van der Waals surface area (Å²) in [6, 6.07) is -0.961. The summed E-state index contributed by atoms with van der Waals surface area (Å²) < 4.78 is 4.95. The highest BCUT2D eigenvalue weighted by Crippen LogP contribution is 2.07. The van der Waals surface area contributed by atoms with Crippen molar-refractivity contribution in [2.45, 2.75) is 45.3 Å². The molecule has 0 rings (SSSR count). The van der Waals surface area contributed by atoms with Crippen LogP contribution in [-0.4, -0.2) is 29.6 Å². The van der Waals surface area contributed by atoms with Crippen molar-refractivity contribution in [2.24, 2.45) is 11.5 Å². The monoisotopic (exact) mass is 245 g/mol. The van der Waals surface area contributed by atoms with Crippen LogP contribution < -0.4 is 16.8 Å². The minimum Gasteiger partial charge on any atom is -0.444 e. The number of alkyl carbamates (subject to hydrolysis) is 1. The van der Waals surface area contributed by atoms with Crippen molar-refractivity contribution < 1.29 is 19.1 Å². The van der Waals surface area contributed by atoms with Crippen molar-refractivity contribution >= 4 is 17.9 Å². The molecule has 0 heterocycles. The lowest BCUT2D eigenvalue weighted by Crippen LogP contribution is -2.46. The maximum atomic E-state index is 11.4. The molecule has 7 nitrogen and oxygen atoms in total. The van der Waals surface area contributed by atoms with Crippen molar-refractivity contribution in [1.82, 2.24) is 5.32 Å². The van der Waals surface area contributed by atoms with Crippen LogP contribution in [0.5, 0.6) is 0 Å². The van der Waals surface area contributed by atoms with E-state index in [-0.39, 0.29) is 12.8 Å². The Morgan fingerprint density at radius 2 is 1.76 bits per heavy atom. The Labute approximate surface area is 99.9 Å². The van der Waals surface area contributed by atoms with Crippen LogP contribution in [0, 0.1) is 0 Å². The molecule has 0 spiro atoms. The van der Waals surface area contributed by atoms with Gasteiger partial charge >= 0.3 is 6.09 Å². The number of nitrogens with one attached hydrogen (secondary N) is 1. The molecule has 98 valence electrons. The van der Waals surface area contributed by atoms with Crippen LogP contribution in [0.4, 0.5) is 4.79 Å². The maximum Gasteiger partial charge on any atom is 0.408 e. The average molecular weight is 245 g/mol. The van der Waals surface area contributed by atoms with Crippen LogP contribution in [0.3, 0.4) is 0 Å². The second-order valence-electron chi connectivity index (χ2n) is 4.61. The first-order valence-electron chi connectivity index (χ1n) is 5.19. The van der Waals surface area contributed by atoms with Crippen LogP contribution in [0.15, 0.2) is 0 Å². The molecule has 0 aromatic carbocycles. The van der Waals surface area contributed by atoms with Crippen LogP contribution >= 0.6 is 0 Å². The van der Waals surface area contributed by atoms with Gasteiger partial charge < -0.3 is 21.5 Å². The number of carbonyl (C=O) groups is 3. The van der Waals surface area contributed by atoms with E-state index in [4.69, 9.17) is 16.2 Å². The summed E-state index contributed by atoms with van der Waals surface area (Å²) in [6.45, 7) is 5.07. The Balaban J connectivity index is 4.30. The number of nitrogens with two attached hydrogens (primary N) is 2. The Morgan fingerprint density at radius 3 is 2.12 bits per heavy atom. The zero-order chi connectivity index (χ0) is 13.6. The Hall–Kier alpha value is -1.79. The molecule has 0 aliphatic carbocycles. The van der Waals surface area contributed by atoms with E-state index in [9.17, 15) is 14.4 Å². The Morgan fingerprint density at radius 1 is 1.24 bits per heavy atom. The number of primary amides is 2. The molecule has 0 aliphatic rings. The topological polar surface area (TPSA) is 125 Å². The van der Waals surface area contributed by atoms with Crippen LogP contribution in [0.2, 0.25) is 0 Å². The number of hydrogen-bond donors (Lipinski definition) is 3. The highest BCUT2D eigenvalue weighted by Gasteiger charge is 2.22. The molecular weight excluding hydrogens is 226 g/mol. The van der Waals surface area contributed by atoms with E-state index in [0.29, 0.717) is 0 Å². The minimum absolute atomic E-state index is 0.0383. The summed E-state index contributed by atoms with van der Waals surface area (Å²) in [5, 5.41) is 2.28. The molecule has 0 aromatic rings. The lowest BCUT2D eigenvalue weighted by Gasteiger charge is -2.22. The first kappa shape index (κ1) is 15.2. The van der Waals surface area contributed by atoms with E-state index in [1.54, 1.807) is 20.8 Å². The average Bonchev–Trinajstić information content (AvgIpc) is 2.08. The molecule has 0 bridgehead atoms. The molecule has 0 radical (unpaired) electrons. The van der Waals surface area contributed by atoms with Crippen molar-refractivity contribution in [3.05, 3.63) is 0 Å². The van der Waals surface area contributed by atoms with Gasteiger partial charge in [-0.3, -0.25) is 9.59 Å². The molecule has 5 N–H and O–H groups in total. The fraction of sp³-hybridized carbons (Fsp3) is 0.700. The van der Waals surface area contributed by atoms with E-state index in [1.807, 2.05) is 0 Å². The normalized spacial score (nSPS) is 12.6. The molecule has 1 atom stereocenters. The van der Waals surface area contributed by atoms with Gasteiger partial charge in [0, 0.05) is 6.42 Å². The first-order valence-corrected chi connectivity index (χ1v) is 5.19. The molecule has 17 heavy (non-hydrogen) atoms. The van der Waals surface area contributed by atoms with Gasteiger partial charge in [0.2, 0.25) is 11.8 Å². The molecule has 0 aliphatic heterocycles. The van der Waals surface area contributed by atoms with E-state index in [2.05, 4.69) is 5.32 Å². The van der Waals surface area contributed by atoms with Gasteiger partial charge in [-0.15, -0.1) is 0 Å². The molecule has 0 saturated carbocycles. The van der Waals surface area contributed by atoms with Crippen molar-refractivity contribution in [1.29, 1.82) is 0 Å². The van der Waals surface area contributed by atoms with Crippen molar-refractivity contribution in [2.75, 3.05) is 0 Å². The summed E-state index contributed by atoms with van der Waals surface area (Å²) in [5.41, 5.74) is 9.34. The molecule has 7 heteroatoms. The quantitative estimate of drug-likeness (QED) is 0.611. The summed E-state index contributed by atoms with van der Waals surface area (Å²) >= 11 is 0. The molecule has 1 unspecified atom stereocenters. The third-order valence-corrected chi connectivity index (χ3v) is 1.71. The fourth-order valence-electron chi connectivity index (χ4n) is 1.02. The Bertz CT molecular complexity index is 309. The van der Waals surface area contributed by atoms with Gasteiger partial charge in [0.05, 0.1) is 0 Å². The lowest BCUT2D eigenvalue weighted by atomic mass is 10.1. The summed E-state index contributed by atoms with van der Waals surface area (Å²) in [5.74, 6) is -1.31. The van der Waals surface area contributed by atoms with Crippen LogP contribution in [-0.2, 0) is 14.3 Å². The van der Waals surface area contributed by atoms with Gasteiger partial charge in [-0.2, -0.15) is 0 Å². The largest absolute Gasteiger partial charge is 0.444 e. The summed E-state index contributed by atoms with van der Waals surface area (Å²) in [4.78, 5) is 32.9. The number of rotatable bonds is 5. The Kier molecular flexibility index (Phi) is 5.43. The highest BCUT2D eigenvalue weighted by atomic mass is 16.6. The minimum atomic E-state index is -0.961. The highest BCUT2D eigenvalue weighted by molar-refractivity contribution is 5.85. The lowest BCUT2D eigenvalue weighted by molar-refractivity contribution is -0.121. The van der Waals surface area contributed by atoms with E-state index in [0.717, 1.165) is 0 Å². The SMILES string of the molecule is CC(C)(C)OC(=O)NC(CCC(N)=O)C(N)=O. The first-order chi connectivity index (χ1) is 7.61. The van der Waals surface area contributed by atoms with Crippen LogP contribution in [0.25, 0.3) is 0 Å². The summed E-state index contributed by atoms with van der Waals surface area (Å²) in [7, 11) is 0. The van der Waals surface area contributed by atoms with Gasteiger partial charge in [-0.05, 0) is 27.2 Å². The van der Waals surface area contributed by atoms with Gasteiger partial charge in [-0.1, -0.05) is 0 Å². The second kappa shape index (κ2) is 6.07. The number of carbonyl (C=O) groups excluding carboxylic acids is 3. The van der Waals surface area contributed by atoms with Gasteiger partial charge in [0.25, 0.3) is 0 Å². The smallest absolute Gasteiger partial charge is 0.408 e. The van der Waals surface area contributed by atoms with Gasteiger partial charge in [0.1, 0.15) is 11.6 Å².